The van der Waals surface area contributed by atoms with Crippen LogP contribution in [-0.4, -0.2) is 0 Å². The second kappa shape index (κ2) is 9.44. The van der Waals surface area contributed by atoms with Crippen LogP contribution >= 0.6 is 0 Å². The number of fused-ring (bicyclic) bond motifs is 4. The zero-order valence-corrected chi connectivity index (χ0v) is 22.8. The maximum Gasteiger partial charge on any atom is 0.135 e. The van der Waals surface area contributed by atoms with E-state index in [2.05, 4.69) is 24.3 Å². The van der Waals surface area contributed by atoms with E-state index in [1.165, 1.54) is 0 Å². The van der Waals surface area contributed by atoms with Crippen LogP contribution in [0.2, 0.25) is 0 Å². The molecule has 0 N–H and O–H groups in total. The number of rotatable bonds is 3. The van der Waals surface area contributed by atoms with Gasteiger partial charge in [0.15, 0.2) is 0 Å². The van der Waals surface area contributed by atoms with E-state index in [4.69, 9.17) is 15.7 Å². The van der Waals surface area contributed by atoms with E-state index >= 15 is 0 Å². The highest BCUT2D eigenvalue weighted by Gasteiger charge is 2.21. The van der Waals surface area contributed by atoms with Gasteiger partial charge >= 0.3 is 0 Å². The summed E-state index contributed by atoms with van der Waals surface area (Å²) in [6, 6.07) is 32.1. The molecule has 1 heterocycles. The van der Waals surface area contributed by atoms with Gasteiger partial charge in [0, 0.05) is 10.9 Å². The third-order valence-corrected chi connectivity index (χ3v) is 8.30. The fourth-order valence-corrected chi connectivity index (χ4v) is 6.38. The molecule has 0 bridgehead atoms. The first-order valence-electron chi connectivity index (χ1n) is 18.1. The summed E-state index contributed by atoms with van der Waals surface area (Å²) in [6.07, 6.45) is 0. The summed E-state index contributed by atoms with van der Waals surface area (Å²) in [5.74, 6) is 1.59. The van der Waals surface area contributed by atoms with Crippen molar-refractivity contribution in [2.45, 2.75) is 0 Å². The molecule has 0 spiro atoms. The van der Waals surface area contributed by atoms with Crippen LogP contribution in [0.25, 0.3) is 76.8 Å². The Morgan fingerprint density at radius 2 is 0.977 bits per heavy atom. The first-order valence-corrected chi connectivity index (χ1v) is 14.1. The SMILES string of the molecule is [2H]c1c([2H])c([2H])c2c(-c3ccc(-c4ccc5c(c4)-c4cccc6cccc(c46)O5)cc3)c3c([2H])c([2H])c([2H])c([2H])c3c(-c3ccccc3)c2c1[2H]. The van der Waals surface area contributed by atoms with E-state index in [9.17, 15) is 0 Å². The smallest absolute Gasteiger partial charge is 0.135 e. The molecule has 8 aromatic carbocycles. The normalized spacial score (nSPS) is 14.5. The Hall–Kier alpha value is -5.66. The second-order valence-electron chi connectivity index (χ2n) is 10.7. The average Bonchev–Trinajstić information content (AvgIpc) is 3.17. The van der Waals surface area contributed by atoms with Crippen LogP contribution in [0.3, 0.4) is 0 Å². The topological polar surface area (TPSA) is 9.23 Å². The van der Waals surface area contributed by atoms with Crippen LogP contribution in [0.5, 0.6) is 11.5 Å². The molecule has 0 saturated carbocycles. The molecular weight excluding hydrogens is 520 g/mol. The van der Waals surface area contributed by atoms with Crippen molar-refractivity contribution in [2.24, 2.45) is 0 Å². The van der Waals surface area contributed by atoms with Gasteiger partial charge in [-0.25, -0.2) is 0 Å². The van der Waals surface area contributed by atoms with Crippen molar-refractivity contribution in [1.29, 1.82) is 0 Å². The molecule has 0 atom stereocenters. The highest BCUT2D eigenvalue weighted by atomic mass is 16.5. The monoisotopic (exact) mass is 554 g/mol. The summed E-state index contributed by atoms with van der Waals surface area (Å²) in [6.45, 7) is 0. The number of ether oxygens (including phenoxy) is 1. The molecule has 1 aliphatic heterocycles. The van der Waals surface area contributed by atoms with Crippen molar-refractivity contribution >= 4 is 32.3 Å². The first-order chi connectivity index (χ1) is 24.7. The van der Waals surface area contributed by atoms with Crippen molar-refractivity contribution in [3.63, 3.8) is 0 Å². The van der Waals surface area contributed by atoms with E-state index in [-0.39, 0.29) is 45.7 Å². The Bertz CT molecular complexity index is 2710. The van der Waals surface area contributed by atoms with Gasteiger partial charge in [0.25, 0.3) is 0 Å². The van der Waals surface area contributed by atoms with Gasteiger partial charge in [-0.2, -0.15) is 0 Å². The minimum atomic E-state index is -0.419. The summed E-state index contributed by atoms with van der Waals surface area (Å²) >= 11 is 0. The summed E-state index contributed by atoms with van der Waals surface area (Å²) < 4.78 is 77.2. The Kier molecular flexibility index (Phi) is 3.80. The molecule has 1 nitrogen and oxygen atoms in total. The molecule has 0 aromatic heterocycles. The van der Waals surface area contributed by atoms with Crippen molar-refractivity contribution in [3.05, 3.63) is 158 Å². The van der Waals surface area contributed by atoms with Crippen molar-refractivity contribution in [2.75, 3.05) is 0 Å². The number of hydrogen-bond donors (Lipinski definition) is 0. The summed E-state index contributed by atoms with van der Waals surface area (Å²) in [5, 5.41) is 2.96. The summed E-state index contributed by atoms with van der Waals surface area (Å²) in [5.41, 5.74) is 5.70. The van der Waals surface area contributed by atoms with Crippen LogP contribution in [0, 0.1) is 0 Å². The van der Waals surface area contributed by atoms with Crippen LogP contribution in [0.1, 0.15) is 11.0 Å². The quantitative estimate of drug-likeness (QED) is 0.197. The molecule has 0 radical (unpaired) electrons. The second-order valence-corrected chi connectivity index (χ2v) is 10.7. The molecule has 9 rings (SSSR count). The highest BCUT2D eigenvalue weighted by Crippen LogP contribution is 2.48. The van der Waals surface area contributed by atoms with Crippen LogP contribution in [-0.2, 0) is 0 Å². The van der Waals surface area contributed by atoms with Crippen molar-refractivity contribution in [1.82, 2.24) is 0 Å². The third kappa shape index (κ3) is 3.72. The lowest BCUT2D eigenvalue weighted by molar-refractivity contribution is 0.487. The molecule has 1 aliphatic rings. The van der Waals surface area contributed by atoms with Gasteiger partial charge in [-0.3, -0.25) is 0 Å². The van der Waals surface area contributed by atoms with E-state index in [1.54, 1.807) is 24.3 Å². The Morgan fingerprint density at radius 1 is 0.419 bits per heavy atom. The fourth-order valence-electron chi connectivity index (χ4n) is 6.38. The maximum absolute atomic E-state index is 9.14. The van der Waals surface area contributed by atoms with Crippen LogP contribution in [0.15, 0.2) is 158 Å². The van der Waals surface area contributed by atoms with Gasteiger partial charge in [-0.15, -0.1) is 0 Å². The predicted molar refractivity (Wildman–Crippen MR) is 181 cm³/mol. The molecule has 200 valence electrons. The molecule has 0 unspecified atom stereocenters. The molecule has 0 fully saturated rings. The molecule has 43 heavy (non-hydrogen) atoms. The van der Waals surface area contributed by atoms with Crippen LogP contribution < -0.4 is 4.74 Å². The summed E-state index contributed by atoms with van der Waals surface area (Å²) in [4.78, 5) is 0. The van der Waals surface area contributed by atoms with Gasteiger partial charge in [0.2, 0.25) is 0 Å². The van der Waals surface area contributed by atoms with Crippen LogP contribution in [0.4, 0.5) is 0 Å². The zero-order chi connectivity index (χ0) is 35.3. The van der Waals surface area contributed by atoms with E-state index in [1.807, 2.05) is 60.7 Å². The lowest BCUT2D eigenvalue weighted by Crippen LogP contribution is -1.97. The standard InChI is InChI=1S/C42H26O/c1-2-10-28(11-3-1)40-32-14-4-6-16-34(32)41(35-17-7-5-15-33(35)40)30-22-20-27(21-23-30)31-24-25-38-37(26-31)36-18-8-12-29-13-9-19-39(43-38)42(29)36/h1-26H/i4D,5D,6D,7D,14D,15D,16D,17D. The van der Waals surface area contributed by atoms with Gasteiger partial charge in [0.1, 0.15) is 11.5 Å². The van der Waals surface area contributed by atoms with Crippen molar-refractivity contribution < 1.29 is 15.7 Å². The third-order valence-electron chi connectivity index (χ3n) is 8.30. The van der Waals surface area contributed by atoms with E-state index in [0.717, 1.165) is 44.5 Å². The first kappa shape index (κ1) is 17.3. The molecule has 8 aromatic rings. The Labute approximate surface area is 261 Å². The maximum atomic E-state index is 9.14. The molecule has 0 aliphatic carbocycles. The molecule has 1 heteroatoms. The van der Waals surface area contributed by atoms with Crippen molar-refractivity contribution in [3.8, 4) is 56.0 Å². The van der Waals surface area contributed by atoms with Gasteiger partial charge in [0.05, 0.1) is 11.0 Å². The minimum Gasteiger partial charge on any atom is -0.456 e. The number of hydrogen-bond acceptors (Lipinski definition) is 1. The highest BCUT2D eigenvalue weighted by molar-refractivity contribution is 6.21. The lowest BCUT2D eigenvalue weighted by atomic mass is 9.85. The minimum absolute atomic E-state index is 0.197. The van der Waals surface area contributed by atoms with Gasteiger partial charge < -0.3 is 4.74 Å². The molecule has 0 saturated heterocycles. The Balaban J connectivity index is 1.31. The number of benzene rings is 8. The zero-order valence-electron chi connectivity index (χ0n) is 30.8. The predicted octanol–water partition coefficient (Wildman–Crippen LogP) is 11.9. The molecular formula is C42H26O. The van der Waals surface area contributed by atoms with E-state index in [0.29, 0.717) is 22.3 Å². The summed E-state index contributed by atoms with van der Waals surface area (Å²) in [7, 11) is 0. The molecule has 0 amide bonds. The lowest BCUT2D eigenvalue weighted by Gasteiger charge is -2.22. The van der Waals surface area contributed by atoms with Gasteiger partial charge in [-0.1, -0.05) is 139 Å². The van der Waals surface area contributed by atoms with E-state index < -0.39 is 24.2 Å². The van der Waals surface area contributed by atoms with Gasteiger partial charge in [-0.05, 0) is 84.1 Å². The largest absolute Gasteiger partial charge is 0.456 e. The fraction of sp³-hybridized carbons (Fsp3) is 0. The Morgan fingerprint density at radius 3 is 1.63 bits per heavy atom. The average molecular weight is 555 g/mol.